The van der Waals surface area contributed by atoms with E-state index in [2.05, 4.69) is 9.57 Å². The van der Waals surface area contributed by atoms with Gasteiger partial charge in [-0.15, -0.1) is 0 Å². The summed E-state index contributed by atoms with van der Waals surface area (Å²) in [7, 11) is 1.36. The van der Waals surface area contributed by atoms with Gasteiger partial charge in [0.25, 0.3) is 0 Å². The summed E-state index contributed by atoms with van der Waals surface area (Å²) in [6.45, 7) is 0. The van der Waals surface area contributed by atoms with Crippen LogP contribution in [0.25, 0.3) is 0 Å². The molecule has 13 heavy (non-hydrogen) atoms. The highest BCUT2D eigenvalue weighted by Crippen LogP contribution is 2.73. The van der Waals surface area contributed by atoms with Crippen molar-refractivity contribution in [3.05, 3.63) is 0 Å². The van der Waals surface area contributed by atoms with Crippen molar-refractivity contribution in [3.63, 3.8) is 0 Å². The van der Waals surface area contributed by atoms with Gasteiger partial charge >= 0.3 is 11.9 Å². The second-order valence-corrected chi connectivity index (χ2v) is 3.99. The lowest BCUT2D eigenvalue weighted by Crippen LogP contribution is -2.69. The van der Waals surface area contributed by atoms with Crippen molar-refractivity contribution >= 4 is 11.9 Å². The number of rotatable bonds is 2. The number of hydrogen-bond donors (Lipinski definition) is 1. The first-order chi connectivity index (χ1) is 6.08. The highest BCUT2D eigenvalue weighted by molar-refractivity contribution is 5.91. The third-order valence-electron chi connectivity index (χ3n) is 3.19. The van der Waals surface area contributed by atoms with E-state index < -0.39 is 16.8 Å². The largest absolute Gasteiger partial charge is 0.469 e. The zero-order chi connectivity index (χ0) is 9.69. The minimum absolute atomic E-state index is 0.223. The van der Waals surface area contributed by atoms with Crippen molar-refractivity contribution < 1.29 is 19.2 Å². The second kappa shape index (κ2) is 2.23. The number of carbonyl (C=O) groups is 2. The summed E-state index contributed by atoms with van der Waals surface area (Å²) in [5, 5.41) is 0. The molecule has 0 unspecified atom stereocenters. The van der Waals surface area contributed by atoms with Gasteiger partial charge in [-0.25, -0.2) is 4.79 Å². The molecule has 3 aliphatic carbocycles. The van der Waals surface area contributed by atoms with Crippen LogP contribution in [-0.4, -0.2) is 19.0 Å². The molecule has 2 bridgehead atoms. The Balaban J connectivity index is 2.00. The maximum Gasteiger partial charge on any atom is 0.330 e. The molecule has 0 spiro atoms. The first kappa shape index (κ1) is 8.50. The summed E-state index contributed by atoms with van der Waals surface area (Å²) in [6.07, 6.45) is 1.59. The molecule has 0 aromatic rings. The van der Waals surface area contributed by atoms with Gasteiger partial charge in [-0.05, 0) is 19.3 Å². The molecule has 5 nitrogen and oxygen atoms in total. The van der Waals surface area contributed by atoms with E-state index in [9.17, 15) is 9.59 Å². The van der Waals surface area contributed by atoms with Crippen LogP contribution in [0.3, 0.4) is 0 Å². The van der Waals surface area contributed by atoms with Gasteiger partial charge in [0.15, 0.2) is 0 Å². The Labute approximate surface area is 75.1 Å². The van der Waals surface area contributed by atoms with Crippen molar-refractivity contribution in [1.29, 1.82) is 0 Å². The molecular weight excluding hydrogens is 174 g/mol. The van der Waals surface area contributed by atoms with Crippen molar-refractivity contribution in [2.24, 2.45) is 16.7 Å². The van der Waals surface area contributed by atoms with Gasteiger partial charge in [0.05, 0.1) is 17.9 Å². The topological polar surface area (TPSA) is 78.6 Å². The predicted molar refractivity (Wildman–Crippen MR) is 41.0 cm³/mol. The first-order valence-corrected chi connectivity index (χ1v) is 4.08. The van der Waals surface area contributed by atoms with Crippen LogP contribution in [0, 0.1) is 10.8 Å². The zero-order valence-corrected chi connectivity index (χ0v) is 7.33. The molecule has 3 aliphatic rings. The fourth-order valence-electron chi connectivity index (χ4n) is 2.56. The van der Waals surface area contributed by atoms with Gasteiger partial charge in [-0.2, -0.15) is 5.90 Å². The Morgan fingerprint density at radius 1 is 1.15 bits per heavy atom. The molecule has 0 saturated heterocycles. The highest BCUT2D eigenvalue weighted by Gasteiger charge is 2.76. The van der Waals surface area contributed by atoms with Crippen LogP contribution in [0.15, 0.2) is 0 Å². The van der Waals surface area contributed by atoms with Crippen LogP contribution in [0.2, 0.25) is 0 Å². The standard InChI is InChI=1S/C8H11NO4/c1-12-5(10)7-2-8(3-7,4-7)6(11)13-9/h2-4,9H2,1H3. The second-order valence-electron chi connectivity index (χ2n) is 3.99. The molecule has 5 heteroatoms. The summed E-state index contributed by atoms with van der Waals surface area (Å²) in [5.74, 6) is 4.15. The summed E-state index contributed by atoms with van der Waals surface area (Å²) in [4.78, 5) is 26.5. The Morgan fingerprint density at radius 2 is 1.62 bits per heavy atom. The van der Waals surface area contributed by atoms with Gasteiger partial charge in [-0.3, -0.25) is 4.79 Å². The number of ether oxygens (including phenoxy) is 1. The van der Waals surface area contributed by atoms with Crippen molar-refractivity contribution in [2.45, 2.75) is 19.3 Å². The van der Waals surface area contributed by atoms with E-state index in [4.69, 9.17) is 5.90 Å². The fraction of sp³-hybridized carbons (Fsp3) is 0.750. The fourth-order valence-corrected chi connectivity index (χ4v) is 2.56. The number of esters is 1. The Hall–Kier alpha value is -1.10. The number of nitrogens with two attached hydrogens (primary N) is 1. The Morgan fingerprint density at radius 3 is 2.00 bits per heavy atom. The molecule has 3 rings (SSSR count). The maximum atomic E-state index is 11.2. The minimum Gasteiger partial charge on any atom is -0.469 e. The zero-order valence-electron chi connectivity index (χ0n) is 7.33. The predicted octanol–water partition coefficient (Wildman–Crippen LogP) is -0.253. The van der Waals surface area contributed by atoms with Crippen molar-refractivity contribution in [1.82, 2.24) is 0 Å². The van der Waals surface area contributed by atoms with E-state index in [0.717, 1.165) is 0 Å². The summed E-state index contributed by atoms with van der Waals surface area (Å²) in [5.41, 5.74) is -0.869. The maximum absolute atomic E-state index is 11.2. The van der Waals surface area contributed by atoms with Crippen LogP contribution in [0.4, 0.5) is 0 Å². The van der Waals surface area contributed by atoms with E-state index in [0.29, 0.717) is 19.3 Å². The molecular formula is C8H11NO4. The molecule has 2 N–H and O–H groups in total. The molecule has 72 valence electrons. The third-order valence-corrected chi connectivity index (χ3v) is 3.19. The molecule has 0 amide bonds. The monoisotopic (exact) mass is 185 g/mol. The average Bonchev–Trinajstić information content (AvgIpc) is 1.98. The van der Waals surface area contributed by atoms with Crippen LogP contribution < -0.4 is 5.90 Å². The van der Waals surface area contributed by atoms with Crippen LogP contribution in [0.1, 0.15) is 19.3 Å². The normalized spacial score (nSPS) is 39.8. The lowest BCUT2D eigenvalue weighted by molar-refractivity contribution is -0.236. The van der Waals surface area contributed by atoms with Gasteiger partial charge in [0.2, 0.25) is 0 Å². The van der Waals surface area contributed by atoms with Crippen molar-refractivity contribution in [2.75, 3.05) is 7.11 Å². The van der Waals surface area contributed by atoms with E-state index in [1.165, 1.54) is 7.11 Å². The van der Waals surface area contributed by atoms with Crippen LogP contribution in [0.5, 0.6) is 0 Å². The average molecular weight is 185 g/mol. The minimum atomic E-state index is -0.469. The van der Waals surface area contributed by atoms with Crippen LogP contribution >= 0.6 is 0 Å². The molecule has 0 aliphatic heterocycles. The molecule has 3 fully saturated rings. The molecule has 0 atom stereocenters. The Kier molecular flexibility index (Phi) is 1.46. The molecule has 0 aromatic carbocycles. The van der Waals surface area contributed by atoms with Crippen molar-refractivity contribution in [3.8, 4) is 0 Å². The van der Waals surface area contributed by atoms with E-state index >= 15 is 0 Å². The smallest absolute Gasteiger partial charge is 0.330 e. The van der Waals surface area contributed by atoms with Gasteiger partial charge in [-0.1, -0.05) is 0 Å². The van der Waals surface area contributed by atoms with Gasteiger partial charge in [0, 0.05) is 0 Å². The number of hydrogen-bond acceptors (Lipinski definition) is 5. The van der Waals surface area contributed by atoms with E-state index in [1.54, 1.807) is 0 Å². The third kappa shape index (κ3) is 0.798. The number of methoxy groups -OCH3 is 1. The van der Waals surface area contributed by atoms with Gasteiger partial charge < -0.3 is 9.57 Å². The lowest BCUT2D eigenvalue weighted by Gasteiger charge is -2.65. The summed E-state index contributed by atoms with van der Waals surface area (Å²) < 4.78 is 4.63. The molecule has 3 saturated carbocycles. The first-order valence-electron chi connectivity index (χ1n) is 4.08. The molecule has 0 aromatic heterocycles. The highest BCUT2D eigenvalue weighted by atomic mass is 16.7. The van der Waals surface area contributed by atoms with E-state index in [1.807, 2.05) is 0 Å². The SMILES string of the molecule is COC(=O)C12CC(C(=O)ON)(C1)C2. The lowest BCUT2D eigenvalue weighted by atomic mass is 9.35. The summed E-state index contributed by atoms with van der Waals surface area (Å²) >= 11 is 0. The number of carbonyl (C=O) groups excluding carboxylic acids is 2. The summed E-state index contributed by atoms with van der Waals surface area (Å²) in [6, 6.07) is 0. The quantitative estimate of drug-likeness (QED) is 0.474. The Bertz CT molecular complexity index is 240. The van der Waals surface area contributed by atoms with E-state index in [-0.39, 0.29) is 5.97 Å². The molecule has 0 radical (unpaired) electrons. The van der Waals surface area contributed by atoms with Crippen LogP contribution in [-0.2, 0) is 19.2 Å². The van der Waals surface area contributed by atoms with Gasteiger partial charge in [0.1, 0.15) is 0 Å². The molecule has 0 heterocycles.